The number of rotatable bonds is 6. The van der Waals surface area contributed by atoms with Gasteiger partial charge in [0, 0.05) is 5.56 Å². The van der Waals surface area contributed by atoms with Crippen molar-refractivity contribution in [2.24, 2.45) is 0 Å². The number of ether oxygens (including phenoxy) is 1. The number of ketones is 1. The third-order valence-electron chi connectivity index (χ3n) is 3.09. The van der Waals surface area contributed by atoms with Crippen LogP contribution in [0.5, 0.6) is 5.75 Å². The lowest BCUT2D eigenvalue weighted by atomic mass is 10.1. The van der Waals surface area contributed by atoms with Gasteiger partial charge in [-0.1, -0.05) is 54.1 Å². The van der Waals surface area contributed by atoms with Crippen molar-refractivity contribution in [3.05, 3.63) is 83.4 Å². The minimum atomic E-state index is -0.00328. The molecule has 2 aromatic carbocycles. The highest BCUT2D eigenvalue weighted by molar-refractivity contribution is 6.06. The van der Waals surface area contributed by atoms with Crippen LogP contribution >= 0.6 is 0 Å². The van der Waals surface area contributed by atoms with Crippen LogP contribution in [0.25, 0.3) is 6.08 Å². The first-order valence-corrected chi connectivity index (χ1v) is 7.29. The summed E-state index contributed by atoms with van der Waals surface area (Å²) in [7, 11) is 0. The number of carbonyl (C=O) groups is 1. The average molecular weight is 292 g/mol. The fourth-order valence-corrected chi connectivity index (χ4v) is 1.88. The average Bonchev–Trinajstić information content (AvgIpc) is 2.53. The standard InChI is InChI=1S/C20H20O2/c1-16(2)13-14-22-19-10-6-7-17(15-19)11-12-20(21)18-8-4-3-5-9-18/h3-13,15H,14H2,1-2H3/b12-11+. The van der Waals surface area contributed by atoms with Crippen LogP contribution in [-0.2, 0) is 0 Å². The van der Waals surface area contributed by atoms with E-state index in [1.54, 1.807) is 6.08 Å². The van der Waals surface area contributed by atoms with Crippen LogP contribution in [-0.4, -0.2) is 12.4 Å². The van der Waals surface area contributed by atoms with Crippen molar-refractivity contribution < 1.29 is 9.53 Å². The molecule has 112 valence electrons. The largest absolute Gasteiger partial charge is 0.490 e. The smallest absolute Gasteiger partial charge is 0.185 e. The summed E-state index contributed by atoms with van der Waals surface area (Å²) in [5.41, 5.74) is 2.86. The molecule has 0 aromatic heterocycles. The maximum Gasteiger partial charge on any atom is 0.185 e. The van der Waals surface area contributed by atoms with Gasteiger partial charge in [0.25, 0.3) is 0 Å². The minimum Gasteiger partial charge on any atom is -0.490 e. The normalized spacial score (nSPS) is 10.5. The molecule has 0 N–H and O–H groups in total. The molecule has 0 saturated heterocycles. The first-order chi connectivity index (χ1) is 10.6. The maximum atomic E-state index is 12.0. The lowest BCUT2D eigenvalue weighted by Gasteiger charge is -2.04. The molecule has 0 aliphatic carbocycles. The molecule has 0 spiro atoms. The molecule has 2 heteroatoms. The zero-order chi connectivity index (χ0) is 15.8. The maximum absolute atomic E-state index is 12.0. The second-order valence-electron chi connectivity index (χ2n) is 5.23. The third-order valence-corrected chi connectivity index (χ3v) is 3.09. The molecule has 0 radical (unpaired) electrons. The van der Waals surface area contributed by atoms with E-state index in [-0.39, 0.29) is 5.78 Å². The predicted molar refractivity (Wildman–Crippen MR) is 91.2 cm³/mol. The highest BCUT2D eigenvalue weighted by Gasteiger charge is 2.00. The van der Waals surface area contributed by atoms with Crippen LogP contribution in [0.15, 0.2) is 72.3 Å². The van der Waals surface area contributed by atoms with Gasteiger partial charge in [0.15, 0.2) is 5.78 Å². The van der Waals surface area contributed by atoms with Gasteiger partial charge in [-0.3, -0.25) is 4.79 Å². The Bertz CT molecular complexity index is 678. The van der Waals surface area contributed by atoms with E-state index < -0.39 is 0 Å². The molecular weight excluding hydrogens is 272 g/mol. The Hall–Kier alpha value is -2.61. The Morgan fingerprint density at radius 2 is 1.82 bits per heavy atom. The molecule has 0 heterocycles. The van der Waals surface area contributed by atoms with Crippen LogP contribution in [0.1, 0.15) is 29.8 Å². The highest BCUT2D eigenvalue weighted by Crippen LogP contribution is 2.15. The highest BCUT2D eigenvalue weighted by atomic mass is 16.5. The lowest BCUT2D eigenvalue weighted by molar-refractivity contribution is 0.104. The fourth-order valence-electron chi connectivity index (χ4n) is 1.88. The molecule has 0 fully saturated rings. The van der Waals surface area contributed by atoms with Gasteiger partial charge in [0.1, 0.15) is 12.4 Å². The van der Waals surface area contributed by atoms with Crippen LogP contribution in [0.2, 0.25) is 0 Å². The monoisotopic (exact) mass is 292 g/mol. The number of allylic oxidation sites excluding steroid dienone is 2. The van der Waals surface area contributed by atoms with Gasteiger partial charge in [-0.15, -0.1) is 0 Å². The minimum absolute atomic E-state index is 0.00328. The summed E-state index contributed by atoms with van der Waals surface area (Å²) in [4.78, 5) is 12.0. The Morgan fingerprint density at radius 3 is 2.55 bits per heavy atom. The number of benzene rings is 2. The Labute approximate surface area is 131 Å². The van der Waals surface area contributed by atoms with Crippen molar-refractivity contribution in [2.75, 3.05) is 6.61 Å². The molecule has 0 unspecified atom stereocenters. The number of hydrogen-bond donors (Lipinski definition) is 0. The Balaban J connectivity index is 2.02. The van der Waals surface area contributed by atoms with Crippen molar-refractivity contribution in [3.63, 3.8) is 0 Å². The van der Waals surface area contributed by atoms with E-state index in [2.05, 4.69) is 0 Å². The van der Waals surface area contributed by atoms with E-state index in [0.717, 1.165) is 11.3 Å². The van der Waals surface area contributed by atoms with E-state index in [9.17, 15) is 4.79 Å². The van der Waals surface area contributed by atoms with Gasteiger partial charge < -0.3 is 4.74 Å². The zero-order valence-electron chi connectivity index (χ0n) is 13.0. The van der Waals surface area contributed by atoms with Crippen molar-refractivity contribution in [1.29, 1.82) is 0 Å². The zero-order valence-corrected chi connectivity index (χ0v) is 13.0. The number of hydrogen-bond acceptors (Lipinski definition) is 2. The van der Waals surface area contributed by atoms with E-state index in [1.807, 2.05) is 80.6 Å². The first-order valence-electron chi connectivity index (χ1n) is 7.29. The fraction of sp³-hybridized carbons (Fsp3) is 0.150. The SMILES string of the molecule is CC(C)=CCOc1cccc(/C=C/C(=O)c2ccccc2)c1. The van der Waals surface area contributed by atoms with Gasteiger partial charge in [-0.05, 0) is 43.7 Å². The summed E-state index contributed by atoms with van der Waals surface area (Å²) >= 11 is 0. The van der Waals surface area contributed by atoms with Crippen molar-refractivity contribution in [3.8, 4) is 5.75 Å². The molecule has 2 aromatic rings. The molecule has 22 heavy (non-hydrogen) atoms. The second-order valence-corrected chi connectivity index (χ2v) is 5.23. The molecule has 0 bridgehead atoms. The summed E-state index contributed by atoms with van der Waals surface area (Å²) in [6, 6.07) is 16.9. The van der Waals surface area contributed by atoms with Gasteiger partial charge in [-0.25, -0.2) is 0 Å². The molecule has 2 rings (SSSR count). The van der Waals surface area contributed by atoms with Crippen LogP contribution in [0.4, 0.5) is 0 Å². The third kappa shape index (κ3) is 5.06. The van der Waals surface area contributed by atoms with E-state index in [0.29, 0.717) is 12.2 Å². The van der Waals surface area contributed by atoms with E-state index >= 15 is 0 Å². The molecule has 0 aliphatic rings. The van der Waals surface area contributed by atoms with Crippen LogP contribution in [0, 0.1) is 0 Å². The van der Waals surface area contributed by atoms with Gasteiger partial charge in [-0.2, -0.15) is 0 Å². The molecule has 2 nitrogen and oxygen atoms in total. The van der Waals surface area contributed by atoms with Crippen molar-refractivity contribution in [2.45, 2.75) is 13.8 Å². The van der Waals surface area contributed by atoms with Gasteiger partial charge >= 0.3 is 0 Å². The van der Waals surface area contributed by atoms with Crippen molar-refractivity contribution >= 4 is 11.9 Å². The van der Waals surface area contributed by atoms with Gasteiger partial charge in [0.2, 0.25) is 0 Å². The topological polar surface area (TPSA) is 26.3 Å². The van der Waals surface area contributed by atoms with Crippen molar-refractivity contribution in [1.82, 2.24) is 0 Å². The Kier molecular flexibility index (Phi) is 5.73. The van der Waals surface area contributed by atoms with Crippen LogP contribution in [0.3, 0.4) is 0 Å². The second kappa shape index (κ2) is 7.99. The summed E-state index contributed by atoms with van der Waals surface area (Å²) in [6.45, 7) is 4.63. The predicted octanol–water partition coefficient (Wildman–Crippen LogP) is 4.93. The van der Waals surface area contributed by atoms with Gasteiger partial charge in [0.05, 0.1) is 0 Å². The van der Waals surface area contributed by atoms with E-state index in [1.165, 1.54) is 5.57 Å². The summed E-state index contributed by atoms with van der Waals surface area (Å²) in [5, 5.41) is 0. The molecule has 0 aliphatic heterocycles. The van der Waals surface area contributed by atoms with E-state index in [4.69, 9.17) is 4.74 Å². The number of carbonyl (C=O) groups excluding carboxylic acids is 1. The summed E-state index contributed by atoms with van der Waals surface area (Å²) < 4.78 is 5.65. The Morgan fingerprint density at radius 1 is 1.05 bits per heavy atom. The molecular formula is C20H20O2. The molecule has 0 amide bonds. The first kappa shape index (κ1) is 15.8. The molecule has 0 saturated carbocycles. The molecule has 0 atom stereocenters. The summed E-state index contributed by atoms with van der Waals surface area (Å²) in [5.74, 6) is 0.795. The van der Waals surface area contributed by atoms with Crippen LogP contribution < -0.4 is 4.74 Å². The lowest BCUT2D eigenvalue weighted by Crippen LogP contribution is -1.94. The summed E-state index contributed by atoms with van der Waals surface area (Å²) in [6.07, 6.45) is 5.43. The quantitative estimate of drug-likeness (QED) is 0.429.